The molecule has 0 aromatic heterocycles. The zero-order chi connectivity index (χ0) is 13.4. The summed E-state index contributed by atoms with van der Waals surface area (Å²) in [4.78, 5) is 0. The molecule has 0 bridgehead atoms. The van der Waals surface area contributed by atoms with Crippen LogP contribution in [0.5, 0.6) is 11.5 Å². The van der Waals surface area contributed by atoms with E-state index in [0.29, 0.717) is 24.5 Å². The monoisotopic (exact) mass is 272 g/mol. The fourth-order valence-corrected chi connectivity index (χ4v) is 1.72. The molecule has 1 aromatic rings. The maximum atomic E-state index is 10.5. The van der Waals surface area contributed by atoms with Crippen LogP contribution in [-0.2, 0) is 10.1 Å². The number of ether oxygens (including phenoxy) is 2. The highest BCUT2D eigenvalue weighted by Crippen LogP contribution is 2.17. The molecule has 1 N–H and O–H groups in total. The van der Waals surface area contributed by atoms with Gasteiger partial charge in [-0.05, 0) is 44.0 Å². The second-order valence-electron chi connectivity index (χ2n) is 3.60. The van der Waals surface area contributed by atoms with Crippen LogP contribution in [0.1, 0.15) is 12.8 Å². The van der Waals surface area contributed by atoms with E-state index in [-0.39, 0.29) is 18.8 Å². The number of hydrogen-bond acceptors (Lipinski definition) is 4. The lowest BCUT2D eigenvalue weighted by Crippen LogP contribution is -2.08. The van der Waals surface area contributed by atoms with Crippen LogP contribution in [0.25, 0.3) is 0 Å². The van der Waals surface area contributed by atoms with Crippen LogP contribution in [0.2, 0.25) is 0 Å². The molecule has 6 heteroatoms. The SMILES string of the molecule is [CH]CCOc1ccc(OCCCS(=O)(=O)O)cc1. The van der Waals surface area contributed by atoms with Crippen molar-refractivity contribution >= 4 is 10.1 Å². The van der Waals surface area contributed by atoms with Crippen molar-refractivity contribution in [3.63, 3.8) is 0 Å². The highest BCUT2D eigenvalue weighted by molar-refractivity contribution is 7.85. The lowest BCUT2D eigenvalue weighted by atomic mass is 10.3. The number of rotatable bonds is 8. The van der Waals surface area contributed by atoms with Crippen LogP contribution in [-0.4, -0.2) is 31.9 Å². The third-order valence-electron chi connectivity index (χ3n) is 2.03. The van der Waals surface area contributed by atoms with Gasteiger partial charge in [0.25, 0.3) is 10.1 Å². The summed E-state index contributed by atoms with van der Waals surface area (Å²) in [6.45, 7) is 5.98. The van der Waals surface area contributed by atoms with Crippen molar-refractivity contribution in [2.45, 2.75) is 12.8 Å². The minimum absolute atomic E-state index is 0.225. The minimum atomic E-state index is -3.91. The van der Waals surface area contributed by atoms with Gasteiger partial charge in [0.2, 0.25) is 0 Å². The Labute approximate surface area is 107 Å². The van der Waals surface area contributed by atoms with Gasteiger partial charge in [0.05, 0.1) is 19.0 Å². The lowest BCUT2D eigenvalue weighted by Gasteiger charge is -2.07. The van der Waals surface area contributed by atoms with Gasteiger partial charge >= 0.3 is 0 Å². The maximum absolute atomic E-state index is 10.5. The molecule has 5 nitrogen and oxygen atoms in total. The fourth-order valence-electron chi connectivity index (χ4n) is 1.24. The van der Waals surface area contributed by atoms with Gasteiger partial charge in [0, 0.05) is 0 Å². The van der Waals surface area contributed by atoms with E-state index in [9.17, 15) is 8.42 Å². The molecule has 0 saturated carbocycles. The van der Waals surface area contributed by atoms with Gasteiger partial charge in [-0.3, -0.25) is 4.55 Å². The Hall–Kier alpha value is -1.27. The first-order valence-electron chi connectivity index (χ1n) is 5.52. The summed E-state index contributed by atoms with van der Waals surface area (Å²) in [6.07, 6.45) is 0.693. The fraction of sp³-hybridized carbons (Fsp3) is 0.417. The van der Waals surface area contributed by atoms with E-state index < -0.39 is 10.1 Å². The van der Waals surface area contributed by atoms with Gasteiger partial charge < -0.3 is 9.47 Å². The van der Waals surface area contributed by atoms with Crippen LogP contribution >= 0.6 is 0 Å². The molecule has 0 aliphatic carbocycles. The Balaban J connectivity index is 2.31. The molecule has 0 fully saturated rings. The predicted molar refractivity (Wildman–Crippen MR) is 67.4 cm³/mol. The first-order valence-corrected chi connectivity index (χ1v) is 7.13. The molecule has 18 heavy (non-hydrogen) atoms. The Morgan fingerprint density at radius 2 is 1.56 bits per heavy atom. The average molecular weight is 272 g/mol. The van der Waals surface area contributed by atoms with Gasteiger partial charge in [0.15, 0.2) is 0 Å². The molecule has 1 rings (SSSR count). The molecule has 0 heterocycles. The van der Waals surface area contributed by atoms with E-state index >= 15 is 0 Å². The van der Waals surface area contributed by atoms with Gasteiger partial charge in [-0.1, -0.05) is 0 Å². The van der Waals surface area contributed by atoms with Crippen molar-refractivity contribution in [2.24, 2.45) is 0 Å². The summed E-state index contributed by atoms with van der Waals surface area (Å²) in [7, 11) is -3.91. The standard InChI is InChI=1S/C12H16O5S/c1-2-8-16-11-4-6-12(7-5-11)17-9-3-10-18(13,14)15/h1,4-7H,2-3,8-10H2,(H,13,14,15). The Bertz CT molecular complexity index is 438. The summed E-state index contributed by atoms with van der Waals surface area (Å²) in [5.41, 5.74) is 0. The first kappa shape index (κ1) is 14.8. The molecule has 0 unspecified atom stereocenters. The third kappa shape index (κ3) is 6.46. The van der Waals surface area contributed by atoms with Crippen molar-refractivity contribution in [1.29, 1.82) is 0 Å². The van der Waals surface area contributed by atoms with E-state index in [4.69, 9.17) is 21.0 Å². The number of hydrogen-bond donors (Lipinski definition) is 1. The molecule has 0 amide bonds. The summed E-state index contributed by atoms with van der Waals surface area (Å²) < 4.78 is 40.0. The topological polar surface area (TPSA) is 72.8 Å². The second-order valence-corrected chi connectivity index (χ2v) is 5.17. The van der Waals surface area contributed by atoms with E-state index in [0.717, 1.165) is 0 Å². The predicted octanol–water partition coefficient (Wildman–Crippen LogP) is 1.82. The second kappa shape index (κ2) is 7.23. The zero-order valence-corrected chi connectivity index (χ0v) is 10.7. The van der Waals surface area contributed by atoms with Gasteiger partial charge in [-0.25, -0.2) is 0 Å². The zero-order valence-electron chi connectivity index (χ0n) is 9.91. The molecule has 0 atom stereocenters. The molecule has 0 aliphatic heterocycles. The van der Waals surface area contributed by atoms with Crippen molar-refractivity contribution in [1.82, 2.24) is 0 Å². The van der Waals surface area contributed by atoms with Crippen molar-refractivity contribution in [3.8, 4) is 11.5 Å². The summed E-state index contributed by atoms with van der Waals surface area (Å²) in [6, 6.07) is 6.93. The van der Waals surface area contributed by atoms with Crippen molar-refractivity contribution in [3.05, 3.63) is 31.2 Å². The van der Waals surface area contributed by atoms with E-state index in [1.807, 2.05) is 0 Å². The van der Waals surface area contributed by atoms with E-state index in [2.05, 4.69) is 0 Å². The van der Waals surface area contributed by atoms with Crippen LogP contribution in [0.4, 0.5) is 0 Å². The lowest BCUT2D eigenvalue weighted by molar-refractivity contribution is 0.310. The van der Waals surface area contributed by atoms with Crippen LogP contribution < -0.4 is 9.47 Å². The highest BCUT2D eigenvalue weighted by Gasteiger charge is 2.03. The Morgan fingerprint density at radius 3 is 2.00 bits per heavy atom. The Morgan fingerprint density at radius 1 is 1.06 bits per heavy atom. The van der Waals surface area contributed by atoms with Crippen LogP contribution in [0.15, 0.2) is 24.3 Å². The summed E-state index contributed by atoms with van der Waals surface area (Å²) in [5.74, 6) is 1.02. The smallest absolute Gasteiger partial charge is 0.264 e. The molecule has 1 aromatic carbocycles. The maximum Gasteiger partial charge on any atom is 0.264 e. The summed E-state index contributed by atoms with van der Waals surface area (Å²) in [5, 5.41) is 0. The van der Waals surface area contributed by atoms with Crippen molar-refractivity contribution < 1.29 is 22.4 Å². The van der Waals surface area contributed by atoms with Gasteiger partial charge in [0.1, 0.15) is 11.5 Å². The summed E-state index contributed by atoms with van der Waals surface area (Å²) >= 11 is 0. The number of benzene rings is 1. The first-order chi connectivity index (χ1) is 8.51. The average Bonchev–Trinajstić information content (AvgIpc) is 2.32. The molecule has 0 spiro atoms. The van der Waals surface area contributed by atoms with Gasteiger partial charge in [-0.15, -0.1) is 0 Å². The van der Waals surface area contributed by atoms with Crippen LogP contribution in [0.3, 0.4) is 0 Å². The third-order valence-corrected chi connectivity index (χ3v) is 2.83. The molecule has 2 radical (unpaired) electrons. The van der Waals surface area contributed by atoms with Crippen LogP contribution in [0, 0.1) is 6.92 Å². The normalized spacial score (nSPS) is 11.2. The minimum Gasteiger partial charge on any atom is -0.494 e. The Kier molecular flexibility index (Phi) is 5.94. The molecular formula is C12H16O5S. The molecule has 0 aliphatic rings. The van der Waals surface area contributed by atoms with Gasteiger partial charge in [-0.2, -0.15) is 8.42 Å². The quantitative estimate of drug-likeness (QED) is 0.577. The molecule has 100 valence electrons. The molecule has 0 saturated heterocycles. The van der Waals surface area contributed by atoms with E-state index in [1.54, 1.807) is 24.3 Å². The highest BCUT2D eigenvalue weighted by atomic mass is 32.2. The van der Waals surface area contributed by atoms with E-state index in [1.165, 1.54) is 0 Å². The largest absolute Gasteiger partial charge is 0.494 e. The molecular weight excluding hydrogens is 256 g/mol. The van der Waals surface area contributed by atoms with Crippen molar-refractivity contribution in [2.75, 3.05) is 19.0 Å².